The second-order valence-corrected chi connectivity index (χ2v) is 5.19. The minimum absolute atomic E-state index is 0.202. The van der Waals surface area contributed by atoms with Crippen molar-refractivity contribution in [2.75, 3.05) is 6.54 Å². The highest BCUT2D eigenvalue weighted by atomic mass is 16.5. The molecule has 1 N–H and O–H groups in total. The van der Waals surface area contributed by atoms with Gasteiger partial charge in [0, 0.05) is 6.92 Å². The van der Waals surface area contributed by atoms with E-state index in [1.807, 2.05) is 60.7 Å². The van der Waals surface area contributed by atoms with E-state index in [2.05, 4.69) is 0 Å². The third kappa shape index (κ3) is 5.96. The van der Waals surface area contributed by atoms with Gasteiger partial charge in [-0.05, 0) is 29.7 Å². The Morgan fingerprint density at radius 2 is 1.74 bits per heavy atom. The predicted molar refractivity (Wildman–Crippen MR) is 89.2 cm³/mol. The lowest BCUT2D eigenvalue weighted by molar-refractivity contribution is -0.160. The Morgan fingerprint density at radius 3 is 2.39 bits per heavy atom. The predicted octanol–water partition coefficient (Wildman–Crippen LogP) is 3.60. The summed E-state index contributed by atoms with van der Waals surface area (Å²) in [6, 6.07) is 17.9. The van der Waals surface area contributed by atoms with Gasteiger partial charge in [0.15, 0.2) is 0 Å². The van der Waals surface area contributed by atoms with Crippen molar-refractivity contribution in [1.82, 2.24) is 5.06 Å². The quantitative estimate of drug-likeness (QED) is 0.483. The third-order valence-electron chi connectivity index (χ3n) is 3.33. The lowest BCUT2D eigenvalue weighted by atomic mass is 10.1. The normalized spacial score (nSPS) is 10.7. The SMILES string of the molecule is CC(=O)N(O)CC=CCc1ccc(OCc2ccccc2)cc1. The lowest BCUT2D eigenvalue weighted by Crippen LogP contribution is -2.24. The molecule has 0 aliphatic heterocycles. The van der Waals surface area contributed by atoms with Crippen LogP contribution in [0.25, 0.3) is 0 Å². The number of rotatable bonds is 7. The summed E-state index contributed by atoms with van der Waals surface area (Å²) >= 11 is 0. The molecule has 2 rings (SSSR count). The molecule has 0 atom stereocenters. The second-order valence-electron chi connectivity index (χ2n) is 5.19. The molecule has 2 aromatic rings. The Bertz CT molecular complexity index is 635. The van der Waals surface area contributed by atoms with E-state index in [0.717, 1.165) is 23.3 Å². The van der Waals surface area contributed by atoms with Gasteiger partial charge in [-0.15, -0.1) is 0 Å². The maximum atomic E-state index is 10.8. The maximum absolute atomic E-state index is 10.8. The number of allylic oxidation sites excluding steroid dienone is 1. The van der Waals surface area contributed by atoms with Crippen LogP contribution in [0.5, 0.6) is 5.75 Å². The molecule has 0 unspecified atom stereocenters. The summed E-state index contributed by atoms with van der Waals surface area (Å²) in [6.07, 6.45) is 4.43. The molecule has 4 nitrogen and oxygen atoms in total. The molecule has 0 bridgehead atoms. The van der Waals surface area contributed by atoms with Gasteiger partial charge in [0.1, 0.15) is 12.4 Å². The molecule has 4 heteroatoms. The van der Waals surface area contributed by atoms with Crippen LogP contribution in [-0.4, -0.2) is 22.7 Å². The molecule has 0 aliphatic carbocycles. The third-order valence-corrected chi connectivity index (χ3v) is 3.33. The van der Waals surface area contributed by atoms with Crippen molar-refractivity contribution in [2.45, 2.75) is 20.0 Å². The molecular weight excluding hydrogens is 290 g/mol. The minimum Gasteiger partial charge on any atom is -0.489 e. The fourth-order valence-corrected chi connectivity index (χ4v) is 1.99. The molecule has 120 valence electrons. The number of amides is 1. The molecule has 2 aromatic carbocycles. The number of hydrogen-bond acceptors (Lipinski definition) is 3. The van der Waals surface area contributed by atoms with Gasteiger partial charge in [-0.3, -0.25) is 10.0 Å². The van der Waals surface area contributed by atoms with Crippen LogP contribution in [0.4, 0.5) is 0 Å². The van der Waals surface area contributed by atoms with Crippen molar-refractivity contribution in [3.05, 3.63) is 77.9 Å². The number of carbonyl (C=O) groups is 1. The van der Waals surface area contributed by atoms with Crippen LogP contribution in [-0.2, 0) is 17.8 Å². The van der Waals surface area contributed by atoms with Crippen LogP contribution in [0.2, 0.25) is 0 Å². The molecule has 0 saturated heterocycles. The van der Waals surface area contributed by atoms with Crippen LogP contribution in [0, 0.1) is 0 Å². The Morgan fingerprint density at radius 1 is 1.04 bits per heavy atom. The van der Waals surface area contributed by atoms with E-state index in [-0.39, 0.29) is 12.5 Å². The van der Waals surface area contributed by atoms with Gasteiger partial charge >= 0.3 is 0 Å². The highest BCUT2D eigenvalue weighted by Crippen LogP contribution is 2.14. The molecule has 0 aliphatic rings. The topological polar surface area (TPSA) is 49.8 Å². The van der Waals surface area contributed by atoms with Gasteiger partial charge in [-0.25, -0.2) is 5.06 Å². The zero-order valence-corrected chi connectivity index (χ0v) is 13.2. The van der Waals surface area contributed by atoms with Crippen molar-refractivity contribution < 1.29 is 14.7 Å². The van der Waals surface area contributed by atoms with Gasteiger partial charge in [-0.2, -0.15) is 0 Å². The fourth-order valence-electron chi connectivity index (χ4n) is 1.99. The van der Waals surface area contributed by atoms with Crippen molar-refractivity contribution in [3.63, 3.8) is 0 Å². The van der Waals surface area contributed by atoms with Crippen LogP contribution in [0.1, 0.15) is 18.1 Å². The fraction of sp³-hybridized carbons (Fsp3) is 0.211. The molecule has 0 radical (unpaired) electrons. The van der Waals surface area contributed by atoms with Gasteiger partial charge in [-0.1, -0.05) is 54.6 Å². The zero-order chi connectivity index (χ0) is 16.5. The highest BCUT2D eigenvalue weighted by Gasteiger charge is 2.00. The summed E-state index contributed by atoms with van der Waals surface area (Å²) in [5.41, 5.74) is 2.28. The molecule has 0 spiro atoms. The van der Waals surface area contributed by atoms with E-state index in [4.69, 9.17) is 4.74 Å². The van der Waals surface area contributed by atoms with E-state index in [1.54, 1.807) is 6.08 Å². The first-order chi connectivity index (χ1) is 11.1. The number of carbonyl (C=O) groups excluding carboxylic acids is 1. The first-order valence-electron chi connectivity index (χ1n) is 7.53. The summed E-state index contributed by atoms with van der Waals surface area (Å²) < 4.78 is 5.74. The smallest absolute Gasteiger partial charge is 0.243 e. The molecule has 23 heavy (non-hydrogen) atoms. The van der Waals surface area contributed by atoms with E-state index in [0.29, 0.717) is 11.7 Å². The Hall–Kier alpha value is -2.59. The largest absolute Gasteiger partial charge is 0.489 e. The van der Waals surface area contributed by atoms with Crippen molar-refractivity contribution >= 4 is 5.91 Å². The van der Waals surface area contributed by atoms with Crippen LogP contribution >= 0.6 is 0 Å². The standard InChI is InChI=1S/C19H21NO3/c1-16(21)20(22)14-6-5-7-17-10-12-19(13-11-17)23-15-18-8-3-2-4-9-18/h2-6,8-13,22H,7,14-15H2,1H3. The van der Waals surface area contributed by atoms with Crippen LogP contribution in [0.3, 0.4) is 0 Å². The molecule has 1 amide bonds. The number of hydroxylamine groups is 2. The van der Waals surface area contributed by atoms with Crippen LogP contribution in [0.15, 0.2) is 66.7 Å². The van der Waals surface area contributed by atoms with E-state index in [1.165, 1.54) is 6.92 Å². The van der Waals surface area contributed by atoms with Gasteiger partial charge in [0.25, 0.3) is 0 Å². The van der Waals surface area contributed by atoms with Crippen LogP contribution < -0.4 is 4.74 Å². The van der Waals surface area contributed by atoms with E-state index in [9.17, 15) is 10.0 Å². The number of hydrogen-bond donors (Lipinski definition) is 1. The summed E-state index contributed by atoms with van der Waals surface area (Å²) in [7, 11) is 0. The summed E-state index contributed by atoms with van der Waals surface area (Å²) in [5, 5.41) is 9.91. The average Bonchev–Trinajstić information content (AvgIpc) is 2.58. The first-order valence-corrected chi connectivity index (χ1v) is 7.53. The number of ether oxygens (including phenoxy) is 1. The summed E-state index contributed by atoms with van der Waals surface area (Å²) in [6.45, 7) is 2.08. The first kappa shape index (κ1) is 16.8. The highest BCUT2D eigenvalue weighted by molar-refractivity contribution is 5.71. The second kappa shape index (κ2) is 8.76. The summed E-state index contributed by atoms with van der Waals surface area (Å²) in [4.78, 5) is 10.8. The zero-order valence-electron chi connectivity index (χ0n) is 13.2. The molecule has 0 saturated carbocycles. The Kier molecular flexibility index (Phi) is 6.39. The average molecular weight is 311 g/mol. The minimum atomic E-state index is -0.366. The van der Waals surface area contributed by atoms with Crippen molar-refractivity contribution in [3.8, 4) is 5.75 Å². The molecule has 0 heterocycles. The molecular formula is C19H21NO3. The maximum Gasteiger partial charge on any atom is 0.243 e. The van der Waals surface area contributed by atoms with Gasteiger partial charge in [0.05, 0.1) is 6.54 Å². The summed E-state index contributed by atoms with van der Waals surface area (Å²) in [5.74, 6) is 0.467. The molecule has 0 fully saturated rings. The van der Waals surface area contributed by atoms with Crippen molar-refractivity contribution in [1.29, 1.82) is 0 Å². The van der Waals surface area contributed by atoms with E-state index >= 15 is 0 Å². The van der Waals surface area contributed by atoms with Crippen molar-refractivity contribution in [2.24, 2.45) is 0 Å². The Labute approximate surface area is 136 Å². The monoisotopic (exact) mass is 311 g/mol. The molecule has 0 aromatic heterocycles. The van der Waals surface area contributed by atoms with Gasteiger partial charge in [0.2, 0.25) is 5.91 Å². The van der Waals surface area contributed by atoms with Gasteiger partial charge < -0.3 is 4.74 Å². The lowest BCUT2D eigenvalue weighted by Gasteiger charge is -2.08. The number of benzene rings is 2. The van der Waals surface area contributed by atoms with E-state index < -0.39 is 0 Å². The Balaban J connectivity index is 1.78. The number of nitrogens with zero attached hydrogens (tertiary/aromatic N) is 1.